The average Bonchev–Trinajstić information content (AvgIpc) is 2.85. The fourth-order valence-electron chi connectivity index (χ4n) is 2.37. The van der Waals surface area contributed by atoms with Crippen molar-refractivity contribution in [3.63, 3.8) is 0 Å². The third kappa shape index (κ3) is 2.82. The van der Waals surface area contributed by atoms with Crippen molar-refractivity contribution in [2.45, 2.75) is 26.3 Å². The van der Waals surface area contributed by atoms with Gasteiger partial charge in [-0.05, 0) is 37.4 Å². The van der Waals surface area contributed by atoms with Crippen molar-refractivity contribution in [1.82, 2.24) is 9.88 Å². The second kappa shape index (κ2) is 5.77. The Labute approximate surface area is 117 Å². The molecule has 2 aromatic rings. The van der Waals surface area contributed by atoms with Gasteiger partial charge in [-0.1, -0.05) is 6.07 Å². The Balaban J connectivity index is 2.24. The van der Waals surface area contributed by atoms with Gasteiger partial charge in [0.25, 0.3) is 5.91 Å². The number of carboxylic acids is 1. The molecule has 1 heterocycles. The molecule has 1 aromatic heterocycles. The average molecular weight is 274 g/mol. The molecule has 0 aliphatic carbocycles. The topological polar surface area (TPSA) is 73.4 Å². The zero-order valence-electron chi connectivity index (χ0n) is 11.6. The summed E-state index contributed by atoms with van der Waals surface area (Å²) in [6.45, 7) is 4.09. The van der Waals surface area contributed by atoms with Crippen LogP contribution in [0.25, 0.3) is 10.9 Å². The molecule has 5 nitrogen and oxygen atoms in total. The largest absolute Gasteiger partial charge is 0.481 e. The van der Waals surface area contributed by atoms with Gasteiger partial charge in [0, 0.05) is 29.9 Å². The smallest absolute Gasteiger partial charge is 0.305 e. The van der Waals surface area contributed by atoms with Crippen molar-refractivity contribution in [2.75, 3.05) is 6.54 Å². The van der Waals surface area contributed by atoms with E-state index in [1.165, 1.54) is 0 Å². The lowest BCUT2D eigenvalue weighted by atomic mass is 10.1. The van der Waals surface area contributed by atoms with Gasteiger partial charge in [0.05, 0.1) is 6.42 Å². The number of carboxylic acid groups (broad SMARTS) is 1. The van der Waals surface area contributed by atoms with Crippen LogP contribution in [0, 0.1) is 0 Å². The Morgan fingerprint density at radius 2 is 2.10 bits per heavy atom. The Kier molecular flexibility index (Phi) is 4.08. The van der Waals surface area contributed by atoms with Crippen LogP contribution in [-0.4, -0.2) is 39.5 Å². The molecular formula is C15H18N2O3. The zero-order valence-corrected chi connectivity index (χ0v) is 11.6. The third-order valence-corrected chi connectivity index (χ3v) is 3.41. The maximum Gasteiger partial charge on any atom is 0.305 e. The van der Waals surface area contributed by atoms with Crippen LogP contribution < -0.4 is 0 Å². The Bertz CT molecular complexity index is 633. The Morgan fingerprint density at radius 3 is 2.75 bits per heavy atom. The number of amides is 1. The SMILES string of the molecule is CCN(C(=O)c1ccc2cc[nH]c2c1)C(C)CC(=O)O. The first-order valence-electron chi connectivity index (χ1n) is 6.62. The van der Waals surface area contributed by atoms with E-state index in [-0.39, 0.29) is 18.4 Å². The van der Waals surface area contributed by atoms with Crippen molar-refractivity contribution < 1.29 is 14.7 Å². The minimum absolute atomic E-state index is 0.0513. The number of aromatic nitrogens is 1. The van der Waals surface area contributed by atoms with Crippen LogP contribution >= 0.6 is 0 Å². The fourth-order valence-corrected chi connectivity index (χ4v) is 2.37. The van der Waals surface area contributed by atoms with Gasteiger partial charge in [0.15, 0.2) is 0 Å². The number of benzene rings is 1. The van der Waals surface area contributed by atoms with Gasteiger partial charge in [0.2, 0.25) is 0 Å². The number of H-pyrrole nitrogens is 1. The molecule has 0 aliphatic rings. The van der Waals surface area contributed by atoms with Crippen molar-refractivity contribution in [2.24, 2.45) is 0 Å². The zero-order chi connectivity index (χ0) is 14.7. The highest BCUT2D eigenvalue weighted by Crippen LogP contribution is 2.17. The maximum absolute atomic E-state index is 12.5. The second-order valence-electron chi connectivity index (χ2n) is 4.82. The minimum Gasteiger partial charge on any atom is -0.481 e. The minimum atomic E-state index is -0.899. The summed E-state index contributed by atoms with van der Waals surface area (Å²) in [6, 6.07) is 7.06. The van der Waals surface area contributed by atoms with E-state index < -0.39 is 5.97 Å². The molecule has 5 heteroatoms. The summed E-state index contributed by atoms with van der Waals surface area (Å²) >= 11 is 0. The van der Waals surface area contributed by atoms with E-state index in [9.17, 15) is 9.59 Å². The van der Waals surface area contributed by atoms with E-state index in [0.717, 1.165) is 10.9 Å². The van der Waals surface area contributed by atoms with Crippen molar-refractivity contribution in [3.8, 4) is 0 Å². The van der Waals surface area contributed by atoms with Crippen LogP contribution in [0.1, 0.15) is 30.6 Å². The molecule has 106 valence electrons. The number of nitrogens with one attached hydrogen (secondary N) is 1. The number of aliphatic carboxylic acids is 1. The molecule has 0 radical (unpaired) electrons. The van der Waals surface area contributed by atoms with E-state index in [2.05, 4.69) is 4.98 Å². The van der Waals surface area contributed by atoms with Crippen LogP contribution in [0.4, 0.5) is 0 Å². The molecular weight excluding hydrogens is 256 g/mol. The number of hydrogen-bond acceptors (Lipinski definition) is 2. The second-order valence-corrected chi connectivity index (χ2v) is 4.82. The van der Waals surface area contributed by atoms with E-state index in [1.54, 1.807) is 24.0 Å². The van der Waals surface area contributed by atoms with Gasteiger partial charge >= 0.3 is 5.97 Å². The molecule has 0 spiro atoms. The van der Waals surface area contributed by atoms with E-state index >= 15 is 0 Å². The predicted octanol–water partition coefficient (Wildman–Crippen LogP) is 2.49. The predicted molar refractivity (Wildman–Crippen MR) is 76.7 cm³/mol. The van der Waals surface area contributed by atoms with Gasteiger partial charge in [-0.15, -0.1) is 0 Å². The molecule has 0 aliphatic heterocycles. The van der Waals surface area contributed by atoms with Crippen LogP contribution in [0.15, 0.2) is 30.5 Å². The first kappa shape index (κ1) is 14.1. The van der Waals surface area contributed by atoms with Crippen molar-refractivity contribution >= 4 is 22.8 Å². The van der Waals surface area contributed by atoms with Crippen molar-refractivity contribution in [1.29, 1.82) is 0 Å². The highest BCUT2D eigenvalue weighted by Gasteiger charge is 2.22. The lowest BCUT2D eigenvalue weighted by Gasteiger charge is -2.27. The van der Waals surface area contributed by atoms with Crippen molar-refractivity contribution in [3.05, 3.63) is 36.0 Å². The van der Waals surface area contributed by atoms with Gasteiger partial charge in [0.1, 0.15) is 0 Å². The fraction of sp³-hybridized carbons (Fsp3) is 0.333. The van der Waals surface area contributed by atoms with Gasteiger partial charge in [-0.2, -0.15) is 0 Å². The molecule has 0 saturated carbocycles. The van der Waals surface area contributed by atoms with Gasteiger partial charge < -0.3 is 15.0 Å². The monoisotopic (exact) mass is 274 g/mol. The first-order chi connectivity index (χ1) is 9.52. The molecule has 2 N–H and O–H groups in total. The van der Waals surface area contributed by atoms with Crippen LogP contribution in [0.2, 0.25) is 0 Å². The molecule has 0 saturated heterocycles. The third-order valence-electron chi connectivity index (χ3n) is 3.41. The molecule has 1 atom stereocenters. The molecule has 0 bridgehead atoms. The van der Waals surface area contributed by atoms with Gasteiger partial charge in [-0.25, -0.2) is 0 Å². The number of hydrogen-bond donors (Lipinski definition) is 2. The molecule has 0 fully saturated rings. The summed E-state index contributed by atoms with van der Waals surface area (Å²) in [4.78, 5) is 27.9. The first-order valence-corrected chi connectivity index (χ1v) is 6.62. The number of nitrogens with zero attached hydrogens (tertiary/aromatic N) is 1. The standard InChI is InChI=1S/C15H18N2O3/c1-3-17(10(2)8-14(18)19)15(20)12-5-4-11-6-7-16-13(11)9-12/h4-7,9-10,16H,3,8H2,1-2H3,(H,18,19). The normalized spacial score (nSPS) is 12.3. The Hall–Kier alpha value is -2.30. The summed E-state index contributed by atoms with van der Waals surface area (Å²) < 4.78 is 0. The summed E-state index contributed by atoms with van der Waals surface area (Å²) in [5, 5.41) is 9.90. The summed E-state index contributed by atoms with van der Waals surface area (Å²) in [5.41, 5.74) is 1.47. The molecule has 1 unspecified atom stereocenters. The van der Waals surface area contributed by atoms with E-state index in [4.69, 9.17) is 5.11 Å². The lowest BCUT2D eigenvalue weighted by molar-refractivity contribution is -0.138. The van der Waals surface area contributed by atoms with E-state index in [0.29, 0.717) is 12.1 Å². The number of rotatable bonds is 5. The van der Waals surface area contributed by atoms with Crippen LogP contribution in [0.3, 0.4) is 0 Å². The summed E-state index contributed by atoms with van der Waals surface area (Å²) in [6.07, 6.45) is 1.77. The number of carbonyl (C=O) groups excluding carboxylic acids is 1. The highest BCUT2D eigenvalue weighted by atomic mass is 16.4. The number of carbonyl (C=O) groups is 2. The number of fused-ring (bicyclic) bond motifs is 1. The summed E-state index contributed by atoms with van der Waals surface area (Å²) in [5.74, 6) is -1.04. The van der Waals surface area contributed by atoms with Crippen LogP contribution in [0.5, 0.6) is 0 Å². The summed E-state index contributed by atoms with van der Waals surface area (Å²) in [7, 11) is 0. The quantitative estimate of drug-likeness (QED) is 0.879. The molecule has 1 amide bonds. The van der Waals surface area contributed by atoms with Gasteiger partial charge in [-0.3, -0.25) is 9.59 Å². The molecule has 2 rings (SSSR count). The molecule has 20 heavy (non-hydrogen) atoms. The van der Waals surface area contributed by atoms with Crippen LogP contribution in [-0.2, 0) is 4.79 Å². The Morgan fingerprint density at radius 1 is 1.35 bits per heavy atom. The highest BCUT2D eigenvalue weighted by molar-refractivity contribution is 5.98. The maximum atomic E-state index is 12.5. The molecule has 1 aromatic carbocycles. The van der Waals surface area contributed by atoms with E-state index in [1.807, 2.05) is 25.3 Å². The lowest BCUT2D eigenvalue weighted by Crippen LogP contribution is -2.39. The number of aromatic amines is 1.